The van der Waals surface area contributed by atoms with Gasteiger partial charge in [0.05, 0.1) is 23.9 Å². The average molecular weight is 426 g/mol. The molecule has 28 heavy (non-hydrogen) atoms. The van der Waals surface area contributed by atoms with Crippen LogP contribution in [0.5, 0.6) is 0 Å². The average Bonchev–Trinajstić information content (AvgIpc) is 3.36. The Kier molecular flexibility index (Phi) is 8.02. The van der Waals surface area contributed by atoms with E-state index < -0.39 is 0 Å². The van der Waals surface area contributed by atoms with E-state index in [1.54, 1.807) is 18.0 Å². The lowest BCUT2D eigenvalue weighted by atomic mass is 9.86. The largest absolute Gasteiger partial charge is 0.469 e. The molecule has 1 N–H and O–H groups in total. The molecule has 2 aliphatic rings. The molecule has 8 heteroatoms. The van der Waals surface area contributed by atoms with Crippen LogP contribution in [0.2, 0.25) is 0 Å². The third-order valence-corrected chi connectivity index (χ3v) is 7.92. The summed E-state index contributed by atoms with van der Waals surface area (Å²) in [6, 6.07) is 0.729. The van der Waals surface area contributed by atoms with Crippen molar-refractivity contribution >= 4 is 40.2 Å². The van der Waals surface area contributed by atoms with Gasteiger partial charge in [-0.05, 0) is 44.4 Å². The molecule has 2 amide bonds. The predicted octanol–water partition coefficient (Wildman–Crippen LogP) is 5.15. The van der Waals surface area contributed by atoms with Gasteiger partial charge in [-0.15, -0.1) is 11.8 Å². The van der Waals surface area contributed by atoms with Crippen molar-refractivity contribution in [3.05, 3.63) is 6.20 Å². The molecule has 0 aromatic carbocycles. The van der Waals surface area contributed by atoms with E-state index in [0.29, 0.717) is 29.4 Å². The zero-order valence-electron chi connectivity index (χ0n) is 16.8. The van der Waals surface area contributed by atoms with Crippen LogP contribution < -0.4 is 5.32 Å². The molecule has 0 radical (unpaired) electrons. The third kappa shape index (κ3) is 5.86. The van der Waals surface area contributed by atoms with E-state index in [0.717, 1.165) is 35.8 Å². The second-order valence-corrected chi connectivity index (χ2v) is 10.3. The van der Waals surface area contributed by atoms with Gasteiger partial charge >= 0.3 is 12.0 Å². The number of hydrogen-bond acceptors (Lipinski definition) is 6. The van der Waals surface area contributed by atoms with Crippen LogP contribution in [0.3, 0.4) is 0 Å². The number of amides is 2. The van der Waals surface area contributed by atoms with E-state index in [-0.39, 0.29) is 12.0 Å². The summed E-state index contributed by atoms with van der Waals surface area (Å²) in [5.74, 6) is 1.21. The third-order valence-electron chi connectivity index (χ3n) is 5.81. The van der Waals surface area contributed by atoms with E-state index in [4.69, 9.17) is 0 Å². The van der Waals surface area contributed by atoms with E-state index in [9.17, 15) is 9.59 Å². The molecular weight excluding hydrogens is 394 g/mol. The Labute approximate surface area is 175 Å². The molecule has 1 aromatic rings. The fourth-order valence-corrected chi connectivity index (χ4v) is 6.07. The lowest BCUT2D eigenvalue weighted by Gasteiger charge is -2.39. The molecule has 1 heterocycles. The summed E-state index contributed by atoms with van der Waals surface area (Å²) in [5.41, 5.74) is 0. The summed E-state index contributed by atoms with van der Waals surface area (Å²) in [5, 5.41) is 3.68. The summed E-state index contributed by atoms with van der Waals surface area (Å²) in [4.78, 5) is 30.9. The minimum absolute atomic E-state index is 0.00640. The molecule has 1 aromatic heterocycles. The number of hydrogen-bond donors (Lipinski definition) is 1. The number of urea groups is 1. The lowest BCUT2D eigenvalue weighted by molar-refractivity contribution is -0.140. The Hall–Kier alpha value is -1.28. The van der Waals surface area contributed by atoms with Gasteiger partial charge in [0.1, 0.15) is 0 Å². The Morgan fingerprint density at radius 1 is 1.21 bits per heavy atom. The van der Waals surface area contributed by atoms with Gasteiger partial charge in [0.25, 0.3) is 0 Å². The first-order valence-electron chi connectivity index (χ1n) is 10.3. The van der Waals surface area contributed by atoms with Crippen LogP contribution >= 0.6 is 23.1 Å². The number of ether oxygens (including phenoxy) is 1. The van der Waals surface area contributed by atoms with Gasteiger partial charge in [-0.2, -0.15) is 0 Å². The van der Waals surface area contributed by atoms with Crippen molar-refractivity contribution in [1.29, 1.82) is 0 Å². The Bertz CT molecular complexity index is 653. The summed E-state index contributed by atoms with van der Waals surface area (Å²) in [6.07, 6.45) is 11.4. The first kappa shape index (κ1) is 21.4. The maximum absolute atomic E-state index is 13.1. The molecule has 2 saturated carbocycles. The number of thioether (sulfide) groups is 1. The van der Waals surface area contributed by atoms with Crippen molar-refractivity contribution in [3.63, 3.8) is 0 Å². The first-order valence-corrected chi connectivity index (χ1v) is 12.1. The molecular formula is C20H31N3O3S2. The Balaban J connectivity index is 1.58. The molecule has 0 spiro atoms. The molecule has 2 fully saturated rings. The molecule has 2 aliphatic carbocycles. The number of nitrogens with zero attached hydrogens (tertiary/aromatic N) is 2. The van der Waals surface area contributed by atoms with Crippen molar-refractivity contribution in [2.75, 3.05) is 18.2 Å². The summed E-state index contributed by atoms with van der Waals surface area (Å²) >= 11 is 3.03. The van der Waals surface area contributed by atoms with E-state index in [2.05, 4.69) is 26.9 Å². The van der Waals surface area contributed by atoms with Gasteiger partial charge in [-0.25, -0.2) is 9.78 Å². The van der Waals surface area contributed by atoms with E-state index in [1.807, 2.05) is 0 Å². The van der Waals surface area contributed by atoms with E-state index >= 15 is 0 Å². The molecule has 3 rings (SSSR count). The van der Waals surface area contributed by atoms with Crippen molar-refractivity contribution in [2.45, 2.75) is 81.0 Å². The molecule has 0 unspecified atom stereocenters. The van der Waals surface area contributed by atoms with Gasteiger partial charge in [0.15, 0.2) is 5.13 Å². The van der Waals surface area contributed by atoms with Crippen LogP contribution in [0.15, 0.2) is 10.4 Å². The van der Waals surface area contributed by atoms with Crippen molar-refractivity contribution in [1.82, 2.24) is 9.88 Å². The molecule has 0 atom stereocenters. The monoisotopic (exact) mass is 425 g/mol. The highest BCUT2D eigenvalue weighted by atomic mass is 32.2. The van der Waals surface area contributed by atoms with Gasteiger partial charge in [-0.3, -0.25) is 10.1 Å². The Morgan fingerprint density at radius 3 is 2.57 bits per heavy atom. The molecule has 0 saturated heterocycles. The number of esters is 1. The fraction of sp³-hybridized carbons (Fsp3) is 0.750. The second-order valence-electron chi connectivity index (χ2n) is 7.85. The number of aromatic nitrogens is 1. The van der Waals surface area contributed by atoms with Crippen LogP contribution in [0.1, 0.15) is 64.7 Å². The summed E-state index contributed by atoms with van der Waals surface area (Å²) in [6.45, 7) is 2.31. The van der Waals surface area contributed by atoms with Crippen molar-refractivity contribution in [2.24, 2.45) is 5.92 Å². The quantitative estimate of drug-likeness (QED) is 0.483. The van der Waals surface area contributed by atoms with Crippen LogP contribution in [0.25, 0.3) is 0 Å². The maximum Gasteiger partial charge on any atom is 0.324 e. The highest BCUT2D eigenvalue weighted by Gasteiger charge is 2.34. The minimum atomic E-state index is -0.209. The SMILES string of the molecule is COC(=O)CCSc1cnc(NC(=O)N(C2CCCC2)C2CCC(C)CC2)s1. The number of thiazole rings is 1. The lowest BCUT2D eigenvalue weighted by Crippen LogP contribution is -2.49. The highest BCUT2D eigenvalue weighted by Crippen LogP contribution is 2.34. The normalized spacial score (nSPS) is 22.8. The predicted molar refractivity (Wildman–Crippen MR) is 114 cm³/mol. The van der Waals surface area contributed by atoms with Crippen LogP contribution in [-0.4, -0.2) is 46.8 Å². The van der Waals surface area contributed by atoms with E-state index in [1.165, 1.54) is 44.1 Å². The molecule has 156 valence electrons. The zero-order valence-corrected chi connectivity index (χ0v) is 18.4. The van der Waals surface area contributed by atoms with Gasteiger partial charge in [-0.1, -0.05) is 31.1 Å². The minimum Gasteiger partial charge on any atom is -0.469 e. The smallest absolute Gasteiger partial charge is 0.324 e. The van der Waals surface area contributed by atoms with Crippen LogP contribution in [0, 0.1) is 5.92 Å². The first-order chi connectivity index (χ1) is 13.6. The van der Waals surface area contributed by atoms with Gasteiger partial charge in [0.2, 0.25) is 0 Å². The second kappa shape index (κ2) is 10.5. The van der Waals surface area contributed by atoms with Gasteiger partial charge < -0.3 is 9.64 Å². The molecule has 0 bridgehead atoms. The number of anilines is 1. The summed E-state index contributed by atoms with van der Waals surface area (Å²) < 4.78 is 5.66. The fourth-order valence-electron chi connectivity index (χ4n) is 4.21. The standard InChI is InChI=1S/C20H31N3O3S2/c1-14-7-9-16(10-8-14)23(15-5-3-4-6-15)20(25)22-19-21-13-18(28-19)27-12-11-17(24)26-2/h13-16H,3-12H2,1-2H3,(H,21,22,25). The molecule has 0 aliphatic heterocycles. The highest BCUT2D eigenvalue weighted by molar-refractivity contribution is 8.01. The van der Waals surface area contributed by atoms with Gasteiger partial charge in [0, 0.05) is 17.8 Å². The van der Waals surface area contributed by atoms with Crippen LogP contribution in [0.4, 0.5) is 9.93 Å². The number of carbonyl (C=O) groups is 2. The van der Waals surface area contributed by atoms with Crippen LogP contribution in [-0.2, 0) is 9.53 Å². The van der Waals surface area contributed by atoms with Crippen molar-refractivity contribution < 1.29 is 14.3 Å². The summed E-state index contributed by atoms with van der Waals surface area (Å²) in [7, 11) is 1.40. The Morgan fingerprint density at radius 2 is 1.89 bits per heavy atom. The maximum atomic E-state index is 13.1. The zero-order chi connectivity index (χ0) is 19.9. The van der Waals surface area contributed by atoms with Crippen molar-refractivity contribution in [3.8, 4) is 0 Å². The number of methoxy groups -OCH3 is 1. The number of carbonyl (C=O) groups excluding carboxylic acids is 2. The number of rotatable bonds is 7. The topological polar surface area (TPSA) is 71.5 Å². The molecule has 6 nitrogen and oxygen atoms in total. The number of nitrogens with one attached hydrogen (secondary N) is 1.